The molecule has 0 radical (unpaired) electrons. The summed E-state index contributed by atoms with van der Waals surface area (Å²) < 4.78 is 32.4. The van der Waals surface area contributed by atoms with E-state index < -0.39 is 10.1 Å². The molecule has 0 aromatic heterocycles. The molecule has 22 heavy (non-hydrogen) atoms. The second-order valence-electron chi connectivity index (χ2n) is 4.81. The molecule has 5 nitrogen and oxygen atoms in total. The van der Waals surface area contributed by atoms with Gasteiger partial charge in [0, 0.05) is 22.6 Å². The summed E-state index contributed by atoms with van der Waals surface area (Å²) in [4.78, 5) is -0.375. The van der Waals surface area contributed by atoms with Gasteiger partial charge in [0.25, 0.3) is 10.1 Å². The summed E-state index contributed by atoms with van der Waals surface area (Å²) in [6.45, 7) is 0. The first-order chi connectivity index (χ1) is 10.4. The van der Waals surface area contributed by atoms with Crippen LogP contribution in [0.15, 0.2) is 59.5 Å². The number of para-hydroxylation sites is 1. The Bertz CT molecular complexity index is 977. The van der Waals surface area contributed by atoms with Crippen LogP contribution in [0.5, 0.6) is 11.5 Å². The molecule has 0 aliphatic carbocycles. The summed E-state index contributed by atoms with van der Waals surface area (Å²) in [5, 5.41) is 20.9. The van der Waals surface area contributed by atoms with Crippen LogP contribution in [-0.4, -0.2) is 23.2 Å². The number of hydrogen-bond donors (Lipinski definition) is 3. The average molecular weight is 316 g/mol. The zero-order valence-electron chi connectivity index (χ0n) is 11.3. The Kier molecular flexibility index (Phi) is 3.27. The number of aromatic hydroxyl groups is 2. The van der Waals surface area contributed by atoms with Crippen molar-refractivity contribution in [2.75, 3.05) is 0 Å². The van der Waals surface area contributed by atoms with Crippen molar-refractivity contribution in [2.24, 2.45) is 0 Å². The predicted molar refractivity (Wildman–Crippen MR) is 82.5 cm³/mol. The summed E-state index contributed by atoms with van der Waals surface area (Å²) in [5.41, 5.74) is 0.680. The normalized spacial score (nSPS) is 11.7. The van der Waals surface area contributed by atoms with Crippen molar-refractivity contribution in [3.8, 4) is 22.6 Å². The van der Waals surface area contributed by atoms with Crippen molar-refractivity contribution in [2.45, 2.75) is 4.90 Å². The summed E-state index contributed by atoms with van der Waals surface area (Å²) in [7, 11) is -4.48. The Balaban J connectivity index is 2.49. The first kappa shape index (κ1) is 14.4. The van der Waals surface area contributed by atoms with Gasteiger partial charge in [0.2, 0.25) is 0 Å². The standard InChI is InChI=1S/C16H12O5S/c17-13-8-4-3-7-12(13)16-11-6-2-1-5-10(11)15(9-14(16)18)22(19,20)21/h1-9,17-18H,(H,19,20,21). The first-order valence-electron chi connectivity index (χ1n) is 6.40. The van der Waals surface area contributed by atoms with E-state index in [1.165, 1.54) is 12.1 Å². The number of fused-ring (bicyclic) bond motifs is 1. The summed E-state index contributed by atoms with van der Waals surface area (Å²) in [6.07, 6.45) is 0. The van der Waals surface area contributed by atoms with Gasteiger partial charge in [0.15, 0.2) is 0 Å². The molecular weight excluding hydrogens is 304 g/mol. The van der Waals surface area contributed by atoms with Crippen LogP contribution in [0.4, 0.5) is 0 Å². The van der Waals surface area contributed by atoms with Crippen LogP contribution in [0.2, 0.25) is 0 Å². The Morgan fingerprint density at radius 1 is 0.773 bits per heavy atom. The number of phenolic OH excluding ortho intramolecular Hbond substituents is 2. The van der Waals surface area contributed by atoms with Crippen LogP contribution in [0.25, 0.3) is 21.9 Å². The zero-order chi connectivity index (χ0) is 15.9. The Morgan fingerprint density at radius 3 is 2.00 bits per heavy atom. The molecule has 0 heterocycles. The molecule has 0 saturated carbocycles. The molecule has 3 N–H and O–H groups in total. The first-order valence-corrected chi connectivity index (χ1v) is 7.84. The smallest absolute Gasteiger partial charge is 0.295 e. The van der Waals surface area contributed by atoms with E-state index in [4.69, 9.17) is 0 Å². The van der Waals surface area contributed by atoms with Crippen LogP contribution >= 0.6 is 0 Å². The second kappa shape index (κ2) is 5.01. The average Bonchev–Trinajstić information content (AvgIpc) is 2.47. The maximum Gasteiger partial charge on any atom is 0.295 e. The van der Waals surface area contributed by atoms with Crippen LogP contribution < -0.4 is 0 Å². The lowest BCUT2D eigenvalue weighted by Crippen LogP contribution is -2.00. The highest BCUT2D eigenvalue weighted by Crippen LogP contribution is 2.42. The van der Waals surface area contributed by atoms with Gasteiger partial charge in [0.1, 0.15) is 16.4 Å². The lowest BCUT2D eigenvalue weighted by molar-refractivity contribution is 0.466. The van der Waals surface area contributed by atoms with Crippen LogP contribution in [0, 0.1) is 0 Å². The fourth-order valence-corrected chi connectivity index (χ4v) is 3.23. The molecular formula is C16H12O5S. The van der Waals surface area contributed by atoms with Gasteiger partial charge in [-0.25, -0.2) is 0 Å². The van der Waals surface area contributed by atoms with Gasteiger partial charge >= 0.3 is 0 Å². The van der Waals surface area contributed by atoms with Crippen LogP contribution in [0.1, 0.15) is 0 Å². The largest absolute Gasteiger partial charge is 0.507 e. The lowest BCUT2D eigenvalue weighted by atomic mass is 9.96. The lowest BCUT2D eigenvalue weighted by Gasteiger charge is -2.13. The van der Waals surface area contributed by atoms with Crippen molar-refractivity contribution in [1.82, 2.24) is 0 Å². The third-order valence-electron chi connectivity index (χ3n) is 3.44. The third-order valence-corrected chi connectivity index (χ3v) is 4.33. The molecule has 0 saturated heterocycles. The molecule has 0 aliphatic rings. The molecule has 3 aromatic rings. The highest BCUT2D eigenvalue weighted by atomic mass is 32.2. The van der Waals surface area contributed by atoms with Gasteiger partial charge < -0.3 is 10.2 Å². The summed E-state index contributed by atoms with van der Waals surface area (Å²) >= 11 is 0. The Hall–Kier alpha value is -2.57. The van der Waals surface area contributed by atoms with E-state index >= 15 is 0 Å². The minimum atomic E-state index is -4.48. The maximum absolute atomic E-state index is 11.5. The summed E-state index contributed by atoms with van der Waals surface area (Å²) in [5.74, 6) is -0.379. The molecule has 0 spiro atoms. The molecule has 6 heteroatoms. The van der Waals surface area contributed by atoms with Gasteiger partial charge in [-0.1, -0.05) is 42.5 Å². The fraction of sp³-hybridized carbons (Fsp3) is 0. The van der Waals surface area contributed by atoms with Crippen molar-refractivity contribution in [1.29, 1.82) is 0 Å². The van der Waals surface area contributed by atoms with Crippen LogP contribution in [0.3, 0.4) is 0 Å². The van der Waals surface area contributed by atoms with Gasteiger partial charge in [-0.3, -0.25) is 4.55 Å². The monoisotopic (exact) mass is 316 g/mol. The van der Waals surface area contributed by atoms with E-state index in [9.17, 15) is 23.2 Å². The molecule has 0 unspecified atom stereocenters. The quantitative estimate of drug-likeness (QED) is 0.631. The predicted octanol–water partition coefficient (Wildman–Crippen LogP) is 3.16. The topological polar surface area (TPSA) is 94.8 Å². The maximum atomic E-state index is 11.5. The molecule has 3 aromatic carbocycles. The molecule has 0 aliphatic heterocycles. The molecule has 0 amide bonds. The Labute approximate surface area is 126 Å². The van der Waals surface area contributed by atoms with Crippen molar-refractivity contribution < 1.29 is 23.2 Å². The number of hydrogen-bond acceptors (Lipinski definition) is 4. The van der Waals surface area contributed by atoms with E-state index in [2.05, 4.69) is 0 Å². The molecule has 0 bridgehead atoms. The second-order valence-corrected chi connectivity index (χ2v) is 6.20. The number of phenols is 2. The highest BCUT2D eigenvalue weighted by molar-refractivity contribution is 7.86. The highest BCUT2D eigenvalue weighted by Gasteiger charge is 2.21. The van der Waals surface area contributed by atoms with Crippen molar-refractivity contribution in [3.05, 3.63) is 54.6 Å². The van der Waals surface area contributed by atoms with Crippen LogP contribution in [-0.2, 0) is 10.1 Å². The minimum Gasteiger partial charge on any atom is -0.507 e. The Morgan fingerprint density at radius 2 is 1.36 bits per heavy atom. The number of benzene rings is 3. The zero-order valence-corrected chi connectivity index (χ0v) is 12.1. The molecule has 0 atom stereocenters. The third kappa shape index (κ3) is 2.28. The molecule has 3 rings (SSSR count). The van der Waals surface area contributed by atoms with E-state index in [0.717, 1.165) is 6.07 Å². The minimum absolute atomic E-state index is 0.0393. The SMILES string of the molecule is O=S(=O)(O)c1cc(O)c(-c2ccccc2O)c2ccccc12. The summed E-state index contributed by atoms with van der Waals surface area (Å²) in [6, 6.07) is 13.9. The fourth-order valence-electron chi connectivity index (χ4n) is 2.51. The van der Waals surface area contributed by atoms with E-state index in [-0.39, 0.29) is 21.8 Å². The molecule has 112 valence electrons. The van der Waals surface area contributed by atoms with Crippen molar-refractivity contribution >= 4 is 20.9 Å². The van der Waals surface area contributed by atoms with Gasteiger partial charge in [-0.2, -0.15) is 8.42 Å². The van der Waals surface area contributed by atoms with Gasteiger partial charge in [0.05, 0.1) is 0 Å². The number of rotatable bonds is 2. The van der Waals surface area contributed by atoms with Gasteiger partial charge in [-0.05, 0) is 11.5 Å². The van der Waals surface area contributed by atoms with E-state index in [1.54, 1.807) is 36.4 Å². The van der Waals surface area contributed by atoms with E-state index in [0.29, 0.717) is 16.5 Å². The van der Waals surface area contributed by atoms with Crippen molar-refractivity contribution in [3.63, 3.8) is 0 Å². The molecule has 0 fully saturated rings. The van der Waals surface area contributed by atoms with Gasteiger partial charge in [-0.15, -0.1) is 0 Å². The van der Waals surface area contributed by atoms with E-state index in [1.807, 2.05) is 0 Å².